The molecule has 1 heteroatoms. The Hall–Kier alpha value is -0.230. The third-order valence-corrected chi connectivity index (χ3v) is 3.64. The zero-order chi connectivity index (χ0) is 8.55. The first kappa shape index (κ1) is 8.37. The average Bonchev–Trinajstić information content (AvgIpc) is 2.64. The zero-order valence-corrected chi connectivity index (χ0v) is 8.17. The number of allylic oxidation sites excluding steroid dienone is 4. The summed E-state index contributed by atoms with van der Waals surface area (Å²) in [5.41, 5.74) is 0. The smallest absolute Gasteiger partial charge is 0.0263 e. The van der Waals surface area contributed by atoms with Gasteiger partial charge in [0.2, 0.25) is 0 Å². The van der Waals surface area contributed by atoms with E-state index in [2.05, 4.69) is 31.2 Å². The largest absolute Gasteiger partial charge is 0.126 e. The van der Waals surface area contributed by atoms with Crippen molar-refractivity contribution in [2.75, 3.05) is 5.88 Å². The van der Waals surface area contributed by atoms with Gasteiger partial charge in [-0.15, -0.1) is 11.6 Å². The van der Waals surface area contributed by atoms with E-state index in [0.717, 1.165) is 23.6 Å². The predicted molar refractivity (Wildman–Crippen MR) is 53.3 cm³/mol. The van der Waals surface area contributed by atoms with Crippen LogP contribution in [0.5, 0.6) is 0 Å². The number of hydrogen-bond donors (Lipinski definition) is 0. The molecule has 0 spiro atoms. The summed E-state index contributed by atoms with van der Waals surface area (Å²) in [4.78, 5) is 0. The molecular weight excluding hydrogens is 168 g/mol. The first-order valence-electron chi connectivity index (χ1n) is 4.74. The fourth-order valence-electron chi connectivity index (χ4n) is 2.69. The van der Waals surface area contributed by atoms with Crippen LogP contribution in [0.2, 0.25) is 0 Å². The highest BCUT2D eigenvalue weighted by atomic mass is 35.5. The summed E-state index contributed by atoms with van der Waals surface area (Å²) >= 11 is 5.96. The summed E-state index contributed by atoms with van der Waals surface area (Å²) in [5, 5.41) is 0. The van der Waals surface area contributed by atoms with Crippen LogP contribution in [0.4, 0.5) is 0 Å². The second-order valence-electron chi connectivity index (χ2n) is 3.87. The van der Waals surface area contributed by atoms with Gasteiger partial charge in [0, 0.05) is 5.88 Å². The molecule has 2 aliphatic rings. The molecule has 2 bridgehead atoms. The summed E-state index contributed by atoms with van der Waals surface area (Å²) < 4.78 is 0. The molecule has 0 heterocycles. The van der Waals surface area contributed by atoms with Crippen molar-refractivity contribution in [3.63, 3.8) is 0 Å². The zero-order valence-electron chi connectivity index (χ0n) is 7.41. The monoisotopic (exact) mass is 182 g/mol. The molecule has 0 amide bonds. The Morgan fingerprint density at radius 3 is 2.83 bits per heavy atom. The van der Waals surface area contributed by atoms with Crippen molar-refractivity contribution in [1.82, 2.24) is 0 Å². The van der Waals surface area contributed by atoms with Gasteiger partial charge in [0.05, 0.1) is 0 Å². The van der Waals surface area contributed by atoms with Crippen molar-refractivity contribution in [2.45, 2.75) is 13.3 Å². The van der Waals surface area contributed by atoms with Crippen LogP contribution in [-0.2, 0) is 0 Å². The molecule has 1 fully saturated rings. The van der Waals surface area contributed by atoms with Crippen LogP contribution in [-0.4, -0.2) is 5.88 Å². The van der Waals surface area contributed by atoms with E-state index in [1.165, 1.54) is 6.42 Å². The topological polar surface area (TPSA) is 0 Å². The molecule has 0 aromatic heterocycles. The van der Waals surface area contributed by atoms with E-state index in [0.29, 0.717) is 5.92 Å². The standard InChI is InChI=1S/C11H15Cl/c1-2-3-10-8-4-5-9(6-8)11(10)7-12/h2-5,8-11H,6-7H2,1H3. The third kappa shape index (κ3) is 1.13. The minimum absolute atomic E-state index is 0.706. The minimum Gasteiger partial charge on any atom is -0.126 e. The highest BCUT2D eigenvalue weighted by molar-refractivity contribution is 6.18. The van der Waals surface area contributed by atoms with E-state index < -0.39 is 0 Å². The molecule has 0 nitrogen and oxygen atoms in total. The number of rotatable bonds is 2. The number of alkyl halides is 1. The highest BCUT2D eigenvalue weighted by Gasteiger charge is 2.42. The van der Waals surface area contributed by atoms with Gasteiger partial charge in [-0.25, -0.2) is 0 Å². The highest BCUT2D eigenvalue weighted by Crippen LogP contribution is 2.48. The van der Waals surface area contributed by atoms with Crippen LogP contribution in [0.25, 0.3) is 0 Å². The van der Waals surface area contributed by atoms with Crippen LogP contribution < -0.4 is 0 Å². The van der Waals surface area contributed by atoms with Crippen molar-refractivity contribution in [3.05, 3.63) is 24.3 Å². The summed E-state index contributed by atoms with van der Waals surface area (Å²) in [7, 11) is 0. The van der Waals surface area contributed by atoms with E-state index in [1.807, 2.05) is 0 Å². The molecule has 66 valence electrons. The van der Waals surface area contributed by atoms with Gasteiger partial charge >= 0.3 is 0 Å². The Labute approximate surface area is 79.3 Å². The van der Waals surface area contributed by atoms with E-state index >= 15 is 0 Å². The lowest BCUT2D eigenvalue weighted by molar-refractivity contribution is 0.408. The summed E-state index contributed by atoms with van der Waals surface area (Å²) in [5.74, 6) is 3.81. The maximum Gasteiger partial charge on any atom is 0.0263 e. The number of hydrogen-bond acceptors (Lipinski definition) is 0. The fourth-order valence-corrected chi connectivity index (χ4v) is 3.12. The predicted octanol–water partition coefficient (Wildman–Crippen LogP) is 3.24. The maximum absolute atomic E-state index is 5.96. The Morgan fingerprint density at radius 1 is 1.42 bits per heavy atom. The van der Waals surface area contributed by atoms with Gasteiger partial charge < -0.3 is 0 Å². The van der Waals surface area contributed by atoms with Gasteiger partial charge in [-0.1, -0.05) is 24.3 Å². The normalized spacial score (nSPS) is 44.8. The lowest BCUT2D eigenvalue weighted by Gasteiger charge is -2.23. The van der Waals surface area contributed by atoms with Crippen LogP contribution in [0, 0.1) is 23.7 Å². The molecule has 0 aromatic rings. The summed E-state index contributed by atoms with van der Waals surface area (Å²) in [6.07, 6.45) is 10.6. The van der Waals surface area contributed by atoms with Crippen molar-refractivity contribution in [3.8, 4) is 0 Å². The maximum atomic E-state index is 5.96. The van der Waals surface area contributed by atoms with E-state index in [-0.39, 0.29) is 0 Å². The van der Waals surface area contributed by atoms with Gasteiger partial charge in [-0.3, -0.25) is 0 Å². The Balaban J connectivity index is 2.17. The van der Waals surface area contributed by atoms with Gasteiger partial charge in [0.1, 0.15) is 0 Å². The number of fused-ring (bicyclic) bond motifs is 2. The lowest BCUT2D eigenvalue weighted by atomic mass is 9.84. The molecule has 0 N–H and O–H groups in total. The van der Waals surface area contributed by atoms with Gasteiger partial charge in [0.25, 0.3) is 0 Å². The average molecular weight is 183 g/mol. The molecule has 4 atom stereocenters. The number of halogens is 1. The van der Waals surface area contributed by atoms with Crippen LogP contribution >= 0.6 is 11.6 Å². The van der Waals surface area contributed by atoms with Gasteiger partial charge in [0.15, 0.2) is 0 Å². The first-order chi connectivity index (χ1) is 5.86. The summed E-state index contributed by atoms with van der Waals surface area (Å²) in [6, 6.07) is 0. The van der Waals surface area contributed by atoms with Crippen molar-refractivity contribution >= 4 is 11.6 Å². The fraction of sp³-hybridized carbons (Fsp3) is 0.636. The minimum atomic E-state index is 0.706. The van der Waals surface area contributed by atoms with Crippen LogP contribution in [0.1, 0.15) is 13.3 Å². The molecule has 0 saturated heterocycles. The molecule has 4 unspecified atom stereocenters. The SMILES string of the molecule is CC=CC1C2C=CC(C2)C1CCl. The van der Waals surface area contributed by atoms with E-state index in [9.17, 15) is 0 Å². The Morgan fingerprint density at radius 2 is 2.17 bits per heavy atom. The first-order valence-corrected chi connectivity index (χ1v) is 5.27. The third-order valence-electron chi connectivity index (χ3n) is 3.28. The van der Waals surface area contributed by atoms with Crippen LogP contribution in [0.3, 0.4) is 0 Å². The molecule has 0 radical (unpaired) electrons. The van der Waals surface area contributed by atoms with Gasteiger partial charge in [-0.05, 0) is 37.0 Å². The second-order valence-corrected chi connectivity index (χ2v) is 4.18. The quantitative estimate of drug-likeness (QED) is 0.455. The molecule has 2 rings (SSSR count). The Bertz CT molecular complexity index is 217. The van der Waals surface area contributed by atoms with Crippen molar-refractivity contribution < 1.29 is 0 Å². The molecular formula is C11H15Cl. The van der Waals surface area contributed by atoms with Crippen molar-refractivity contribution in [2.24, 2.45) is 23.7 Å². The van der Waals surface area contributed by atoms with E-state index in [4.69, 9.17) is 11.6 Å². The lowest BCUT2D eigenvalue weighted by Crippen LogP contribution is -2.18. The molecule has 2 aliphatic carbocycles. The van der Waals surface area contributed by atoms with Crippen LogP contribution in [0.15, 0.2) is 24.3 Å². The molecule has 0 aliphatic heterocycles. The van der Waals surface area contributed by atoms with Gasteiger partial charge in [-0.2, -0.15) is 0 Å². The molecule has 1 saturated carbocycles. The molecule has 12 heavy (non-hydrogen) atoms. The Kier molecular flexibility index (Phi) is 2.27. The van der Waals surface area contributed by atoms with E-state index in [1.54, 1.807) is 0 Å². The molecule has 0 aromatic carbocycles. The summed E-state index contributed by atoms with van der Waals surface area (Å²) in [6.45, 7) is 2.10. The van der Waals surface area contributed by atoms with Crippen molar-refractivity contribution in [1.29, 1.82) is 0 Å². The second kappa shape index (κ2) is 3.26.